The Morgan fingerprint density at radius 1 is 1.35 bits per heavy atom. The summed E-state index contributed by atoms with van der Waals surface area (Å²) < 4.78 is 0. The zero-order valence-electron chi connectivity index (χ0n) is 10.2. The van der Waals surface area contributed by atoms with E-state index in [1.165, 1.54) is 5.56 Å². The smallest absolute Gasteiger partial charge is 0.0486 e. The monoisotopic (exact) mass is 230 g/mol. The van der Waals surface area contributed by atoms with Gasteiger partial charge in [0.15, 0.2) is 0 Å². The van der Waals surface area contributed by atoms with E-state index in [0.717, 1.165) is 0 Å². The first-order valence-corrected chi connectivity index (χ1v) is 6.09. The summed E-state index contributed by atoms with van der Waals surface area (Å²) in [5.74, 6) is 0.498. The molecule has 0 aromatic carbocycles. The van der Waals surface area contributed by atoms with E-state index in [2.05, 4.69) is 42.4 Å². The largest absolute Gasteiger partial charge is 0.396 e. The molecule has 1 aromatic rings. The lowest BCUT2D eigenvalue weighted by atomic mass is 9.69. The van der Waals surface area contributed by atoms with Crippen molar-refractivity contribution < 1.29 is 5.11 Å². The third-order valence-corrected chi connectivity index (χ3v) is 4.37. The molecule has 2 aliphatic rings. The van der Waals surface area contributed by atoms with E-state index in [1.54, 1.807) is 6.20 Å². The van der Waals surface area contributed by atoms with E-state index in [1.807, 2.05) is 12.3 Å². The van der Waals surface area contributed by atoms with Crippen LogP contribution in [0.4, 0.5) is 0 Å². The summed E-state index contributed by atoms with van der Waals surface area (Å²) in [6.45, 7) is 4.55. The van der Waals surface area contributed by atoms with Crippen molar-refractivity contribution in [2.45, 2.75) is 30.8 Å². The lowest BCUT2D eigenvalue weighted by Gasteiger charge is -2.33. The summed E-state index contributed by atoms with van der Waals surface area (Å²) in [7, 11) is 0. The minimum absolute atomic E-state index is 0.0643. The number of aliphatic hydroxyl groups is 1. The van der Waals surface area contributed by atoms with E-state index < -0.39 is 0 Å². The van der Waals surface area contributed by atoms with Gasteiger partial charge in [-0.25, -0.2) is 0 Å². The first-order valence-electron chi connectivity index (χ1n) is 6.09. The van der Waals surface area contributed by atoms with Gasteiger partial charge in [-0.1, -0.05) is 18.2 Å². The fourth-order valence-electron chi connectivity index (χ4n) is 3.61. The van der Waals surface area contributed by atoms with Gasteiger partial charge in [-0.05, 0) is 25.5 Å². The van der Waals surface area contributed by atoms with Gasteiger partial charge in [-0.2, -0.15) is 0 Å². The molecule has 3 nitrogen and oxygen atoms in total. The molecule has 4 atom stereocenters. The van der Waals surface area contributed by atoms with E-state index in [-0.39, 0.29) is 29.5 Å². The van der Waals surface area contributed by atoms with Crippen LogP contribution in [0, 0.1) is 5.92 Å². The fraction of sp³-hybridized carbons (Fsp3) is 0.500. The third-order valence-electron chi connectivity index (χ3n) is 4.37. The number of aliphatic hydroxyl groups excluding tert-OH is 1. The van der Waals surface area contributed by atoms with Crippen molar-refractivity contribution in [2.75, 3.05) is 6.61 Å². The number of nitrogens with one attached hydrogen (secondary N) is 1. The highest BCUT2D eigenvalue weighted by Crippen LogP contribution is 2.52. The molecule has 2 N–H and O–H groups in total. The predicted molar refractivity (Wildman–Crippen MR) is 66.6 cm³/mol. The second-order valence-electron chi connectivity index (χ2n) is 5.58. The zero-order valence-corrected chi connectivity index (χ0v) is 10.2. The Morgan fingerprint density at radius 3 is 2.76 bits per heavy atom. The molecule has 4 unspecified atom stereocenters. The summed E-state index contributed by atoms with van der Waals surface area (Å²) in [6.07, 6.45) is 8.13. The molecule has 2 bridgehead atoms. The number of pyridine rings is 1. The highest BCUT2D eigenvalue weighted by Gasteiger charge is 2.58. The minimum atomic E-state index is -0.0932. The van der Waals surface area contributed by atoms with Crippen LogP contribution in [0.2, 0.25) is 0 Å². The Bertz CT molecular complexity index is 459. The highest BCUT2D eigenvalue weighted by molar-refractivity contribution is 5.40. The van der Waals surface area contributed by atoms with E-state index in [0.29, 0.717) is 0 Å². The predicted octanol–water partition coefficient (Wildman–Crippen LogP) is 1.46. The summed E-state index contributed by atoms with van der Waals surface area (Å²) in [6, 6.07) is 4.07. The molecule has 2 aliphatic heterocycles. The van der Waals surface area contributed by atoms with E-state index >= 15 is 0 Å². The van der Waals surface area contributed by atoms with Crippen molar-refractivity contribution in [3.05, 3.63) is 42.2 Å². The van der Waals surface area contributed by atoms with Crippen molar-refractivity contribution >= 4 is 0 Å². The molecule has 3 heterocycles. The molecule has 90 valence electrons. The first kappa shape index (κ1) is 10.9. The topological polar surface area (TPSA) is 45.2 Å². The maximum atomic E-state index is 9.71. The normalized spacial score (nSPS) is 43.2. The SMILES string of the molecule is CC12C=CC(C)(N1)C(c1cccnc1)C2CO. The van der Waals surface area contributed by atoms with Crippen LogP contribution in [0.25, 0.3) is 0 Å². The molecule has 3 heteroatoms. The Morgan fingerprint density at radius 2 is 2.12 bits per heavy atom. The molecular formula is C14H18N2O. The molecule has 1 aromatic heterocycles. The zero-order chi connectivity index (χ0) is 12.1. The number of fused-ring (bicyclic) bond motifs is 2. The highest BCUT2D eigenvalue weighted by atomic mass is 16.3. The average molecular weight is 230 g/mol. The van der Waals surface area contributed by atoms with Gasteiger partial charge in [0.05, 0.1) is 0 Å². The van der Waals surface area contributed by atoms with Crippen molar-refractivity contribution in [3.63, 3.8) is 0 Å². The maximum Gasteiger partial charge on any atom is 0.0486 e. The summed E-state index contributed by atoms with van der Waals surface area (Å²) >= 11 is 0. The van der Waals surface area contributed by atoms with Crippen LogP contribution in [0.15, 0.2) is 36.7 Å². The minimum Gasteiger partial charge on any atom is -0.396 e. The molecular weight excluding hydrogens is 212 g/mol. The molecule has 3 rings (SSSR count). The van der Waals surface area contributed by atoms with Crippen molar-refractivity contribution in [2.24, 2.45) is 5.92 Å². The van der Waals surface area contributed by atoms with Gasteiger partial charge in [-0.15, -0.1) is 0 Å². The van der Waals surface area contributed by atoms with Crippen molar-refractivity contribution in [1.29, 1.82) is 0 Å². The molecule has 1 fully saturated rings. The number of hydrogen-bond acceptors (Lipinski definition) is 3. The van der Waals surface area contributed by atoms with Crippen molar-refractivity contribution in [3.8, 4) is 0 Å². The quantitative estimate of drug-likeness (QED) is 0.756. The molecule has 0 amide bonds. The molecule has 17 heavy (non-hydrogen) atoms. The Kier molecular flexibility index (Phi) is 2.19. The molecule has 0 saturated carbocycles. The van der Waals surface area contributed by atoms with Crippen LogP contribution in [0.1, 0.15) is 25.3 Å². The van der Waals surface area contributed by atoms with Crippen LogP contribution >= 0.6 is 0 Å². The number of rotatable bonds is 2. The maximum absolute atomic E-state index is 9.71. The fourth-order valence-corrected chi connectivity index (χ4v) is 3.61. The van der Waals surface area contributed by atoms with Crippen LogP contribution in [-0.2, 0) is 0 Å². The van der Waals surface area contributed by atoms with Crippen LogP contribution in [-0.4, -0.2) is 27.8 Å². The van der Waals surface area contributed by atoms with Crippen LogP contribution in [0.3, 0.4) is 0 Å². The number of aromatic nitrogens is 1. The second kappa shape index (κ2) is 3.40. The summed E-state index contributed by atoms with van der Waals surface area (Å²) in [4.78, 5) is 4.20. The Balaban J connectivity index is 2.08. The second-order valence-corrected chi connectivity index (χ2v) is 5.58. The third kappa shape index (κ3) is 1.39. The van der Waals surface area contributed by atoms with Gasteiger partial charge in [0.2, 0.25) is 0 Å². The Hall–Kier alpha value is -1.19. The van der Waals surface area contributed by atoms with Gasteiger partial charge in [0, 0.05) is 41.9 Å². The Labute approximate surface area is 102 Å². The lowest BCUT2D eigenvalue weighted by Crippen LogP contribution is -2.42. The summed E-state index contributed by atoms with van der Waals surface area (Å²) in [5, 5.41) is 13.3. The molecule has 0 aliphatic carbocycles. The van der Waals surface area contributed by atoms with Crippen LogP contribution in [0.5, 0.6) is 0 Å². The molecule has 0 spiro atoms. The molecule has 0 radical (unpaired) electrons. The van der Waals surface area contributed by atoms with E-state index in [9.17, 15) is 5.11 Å². The summed E-state index contributed by atoms with van der Waals surface area (Å²) in [5.41, 5.74) is 1.05. The average Bonchev–Trinajstić information content (AvgIpc) is 2.75. The van der Waals surface area contributed by atoms with Gasteiger partial charge in [-0.3, -0.25) is 10.3 Å². The number of hydrogen-bond donors (Lipinski definition) is 2. The van der Waals surface area contributed by atoms with Crippen molar-refractivity contribution in [1.82, 2.24) is 10.3 Å². The van der Waals surface area contributed by atoms with Gasteiger partial charge >= 0.3 is 0 Å². The first-order chi connectivity index (χ1) is 8.09. The van der Waals surface area contributed by atoms with Crippen LogP contribution < -0.4 is 5.32 Å². The van der Waals surface area contributed by atoms with E-state index in [4.69, 9.17) is 0 Å². The number of nitrogens with zero attached hydrogens (tertiary/aromatic N) is 1. The van der Waals surface area contributed by atoms with Gasteiger partial charge < -0.3 is 5.11 Å². The lowest BCUT2D eigenvalue weighted by molar-refractivity contribution is 0.178. The van der Waals surface area contributed by atoms with Gasteiger partial charge in [0.1, 0.15) is 0 Å². The standard InChI is InChI=1S/C14H18N2O/c1-13-5-6-14(2,16-13)12(11(13)9-17)10-4-3-7-15-8-10/h3-8,11-12,16-17H,9H2,1-2H3. The molecule has 1 saturated heterocycles. The van der Waals surface area contributed by atoms with Gasteiger partial charge in [0.25, 0.3) is 0 Å².